The number of likely N-dealkylation sites (N-methyl/N-ethyl adjacent to an activating group) is 1. The Bertz CT molecular complexity index is 433. The molecule has 1 saturated heterocycles. The molecule has 0 aliphatic carbocycles. The predicted octanol–water partition coefficient (Wildman–Crippen LogP) is 0.392. The number of fused-ring (bicyclic) bond motifs is 1. The fraction of sp³-hybridized carbons (Fsp3) is 0.692. The summed E-state index contributed by atoms with van der Waals surface area (Å²) in [6.45, 7) is 3.98. The summed E-state index contributed by atoms with van der Waals surface area (Å²) in [5.74, 6) is 0.869. The van der Waals surface area contributed by atoms with Crippen LogP contribution in [0.1, 0.15) is 24.1 Å². The van der Waals surface area contributed by atoms with Crippen LogP contribution in [0.25, 0.3) is 0 Å². The van der Waals surface area contributed by atoms with Gasteiger partial charge in [-0.25, -0.2) is 9.97 Å². The lowest BCUT2D eigenvalue weighted by Crippen LogP contribution is -2.43. The molecular formula is C13H21N5. The summed E-state index contributed by atoms with van der Waals surface area (Å²) < 4.78 is 0. The Morgan fingerprint density at radius 2 is 2.28 bits per heavy atom. The van der Waals surface area contributed by atoms with Gasteiger partial charge in [-0.2, -0.15) is 0 Å². The molecule has 1 unspecified atom stereocenters. The smallest absolute Gasteiger partial charge is 0.225 e. The topological polar surface area (TPSA) is 58.3 Å². The lowest BCUT2D eigenvalue weighted by Gasteiger charge is -2.32. The van der Waals surface area contributed by atoms with E-state index in [0.717, 1.165) is 51.4 Å². The molecule has 1 atom stereocenters. The van der Waals surface area contributed by atoms with Crippen LogP contribution in [-0.4, -0.2) is 47.6 Å². The number of hydrogen-bond donors (Lipinski definition) is 1. The van der Waals surface area contributed by atoms with Gasteiger partial charge in [0.05, 0.1) is 5.69 Å². The summed E-state index contributed by atoms with van der Waals surface area (Å²) in [6.07, 6.45) is 5.28. The standard InChI is InChI=1S/C13H21N5/c1-17-6-4-12-10(8-17)7-15-13(16-12)18-5-2-3-11(14)9-18/h7,11H,2-6,8-9,14H2,1H3. The second kappa shape index (κ2) is 4.82. The second-order valence-corrected chi connectivity index (χ2v) is 5.48. The van der Waals surface area contributed by atoms with E-state index < -0.39 is 0 Å². The number of hydrogen-bond acceptors (Lipinski definition) is 5. The fourth-order valence-electron chi connectivity index (χ4n) is 2.79. The van der Waals surface area contributed by atoms with Gasteiger partial charge in [0.1, 0.15) is 0 Å². The van der Waals surface area contributed by atoms with Crippen molar-refractivity contribution < 1.29 is 0 Å². The van der Waals surface area contributed by atoms with Crippen LogP contribution >= 0.6 is 0 Å². The number of rotatable bonds is 1. The first-order chi connectivity index (χ1) is 8.72. The van der Waals surface area contributed by atoms with E-state index in [-0.39, 0.29) is 6.04 Å². The summed E-state index contributed by atoms with van der Waals surface area (Å²) in [5, 5.41) is 0. The van der Waals surface area contributed by atoms with E-state index in [4.69, 9.17) is 10.7 Å². The molecule has 2 aliphatic rings. The predicted molar refractivity (Wildman–Crippen MR) is 71.5 cm³/mol. The van der Waals surface area contributed by atoms with Gasteiger partial charge in [0.15, 0.2) is 0 Å². The Morgan fingerprint density at radius 1 is 1.39 bits per heavy atom. The molecule has 98 valence electrons. The van der Waals surface area contributed by atoms with Crippen molar-refractivity contribution >= 4 is 5.95 Å². The van der Waals surface area contributed by atoms with Gasteiger partial charge in [-0.3, -0.25) is 0 Å². The SMILES string of the molecule is CN1CCc2nc(N3CCCC(N)C3)ncc2C1. The molecule has 1 aromatic heterocycles. The zero-order valence-electron chi connectivity index (χ0n) is 11.0. The van der Waals surface area contributed by atoms with E-state index in [1.54, 1.807) is 0 Å². The Labute approximate surface area is 108 Å². The summed E-state index contributed by atoms with van der Waals surface area (Å²) in [6, 6.07) is 0.268. The zero-order valence-corrected chi connectivity index (χ0v) is 11.0. The maximum atomic E-state index is 6.01. The number of nitrogens with zero attached hydrogens (tertiary/aromatic N) is 4. The van der Waals surface area contributed by atoms with Crippen molar-refractivity contribution in [2.75, 3.05) is 31.6 Å². The largest absolute Gasteiger partial charge is 0.339 e. The third kappa shape index (κ3) is 2.33. The average Bonchev–Trinajstić information content (AvgIpc) is 2.38. The molecule has 0 spiro atoms. The molecule has 0 aromatic carbocycles. The summed E-state index contributed by atoms with van der Waals surface area (Å²) >= 11 is 0. The van der Waals surface area contributed by atoms with Gasteiger partial charge < -0.3 is 15.5 Å². The van der Waals surface area contributed by atoms with Crippen molar-refractivity contribution in [2.24, 2.45) is 5.73 Å². The summed E-state index contributed by atoms with van der Waals surface area (Å²) in [4.78, 5) is 13.8. The molecule has 3 rings (SSSR count). The highest BCUT2D eigenvalue weighted by Crippen LogP contribution is 2.20. The Kier molecular flexibility index (Phi) is 3.18. The van der Waals surface area contributed by atoms with Gasteiger partial charge in [0, 0.05) is 50.4 Å². The fourth-order valence-corrected chi connectivity index (χ4v) is 2.79. The molecule has 3 heterocycles. The maximum absolute atomic E-state index is 6.01. The van der Waals surface area contributed by atoms with Crippen molar-refractivity contribution in [3.63, 3.8) is 0 Å². The molecule has 0 radical (unpaired) electrons. The minimum absolute atomic E-state index is 0.268. The number of nitrogens with two attached hydrogens (primary N) is 1. The molecule has 2 N–H and O–H groups in total. The van der Waals surface area contributed by atoms with Crippen molar-refractivity contribution in [3.05, 3.63) is 17.5 Å². The number of aromatic nitrogens is 2. The van der Waals surface area contributed by atoms with Gasteiger partial charge in [0.25, 0.3) is 0 Å². The van der Waals surface area contributed by atoms with Gasteiger partial charge in [-0.15, -0.1) is 0 Å². The number of piperidine rings is 1. The Balaban J connectivity index is 1.81. The Morgan fingerprint density at radius 3 is 3.11 bits per heavy atom. The van der Waals surface area contributed by atoms with Gasteiger partial charge in [0.2, 0.25) is 5.95 Å². The first-order valence-corrected chi connectivity index (χ1v) is 6.76. The molecule has 0 bridgehead atoms. The van der Waals surface area contributed by atoms with E-state index >= 15 is 0 Å². The molecule has 0 amide bonds. The first kappa shape index (κ1) is 11.9. The molecule has 1 fully saturated rings. The molecule has 18 heavy (non-hydrogen) atoms. The lowest BCUT2D eigenvalue weighted by atomic mass is 10.1. The third-order valence-corrected chi connectivity index (χ3v) is 3.85. The monoisotopic (exact) mass is 247 g/mol. The van der Waals surface area contributed by atoms with Crippen LogP contribution in [-0.2, 0) is 13.0 Å². The van der Waals surface area contributed by atoms with Gasteiger partial charge in [-0.1, -0.05) is 0 Å². The molecule has 5 heteroatoms. The van der Waals surface area contributed by atoms with Gasteiger partial charge in [-0.05, 0) is 19.9 Å². The van der Waals surface area contributed by atoms with E-state index in [2.05, 4.69) is 21.8 Å². The van der Waals surface area contributed by atoms with Crippen LogP contribution in [0.5, 0.6) is 0 Å². The minimum Gasteiger partial charge on any atom is -0.339 e. The third-order valence-electron chi connectivity index (χ3n) is 3.85. The molecule has 2 aliphatic heterocycles. The van der Waals surface area contributed by atoms with Crippen molar-refractivity contribution in [1.82, 2.24) is 14.9 Å². The average molecular weight is 247 g/mol. The van der Waals surface area contributed by atoms with Crippen LogP contribution < -0.4 is 10.6 Å². The first-order valence-electron chi connectivity index (χ1n) is 6.76. The zero-order chi connectivity index (χ0) is 12.5. The van der Waals surface area contributed by atoms with Crippen LogP contribution in [0.2, 0.25) is 0 Å². The minimum atomic E-state index is 0.268. The second-order valence-electron chi connectivity index (χ2n) is 5.48. The highest BCUT2D eigenvalue weighted by molar-refractivity contribution is 5.35. The Hall–Kier alpha value is -1.20. The quantitative estimate of drug-likeness (QED) is 0.778. The van der Waals surface area contributed by atoms with Crippen LogP contribution in [0.4, 0.5) is 5.95 Å². The lowest BCUT2D eigenvalue weighted by molar-refractivity contribution is 0.309. The normalized spacial score (nSPS) is 25.0. The highest BCUT2D eigenvalue weighted by atomic mass is 15.3. The van der Waals surface area contributed by atoms with Crippen LogP contribution in [0, 0.1) is 0 Å². The number of anilines is 1. The van der Waals surface area contributed by atoms with Crippen LogP contribution in [0.15, 0.2) is 6.20 Å². The summed E-state index contributed by atoms with van der Waals surface area (Å²) in [5.41, 5.74) is 8.51. The van der Waals surface area contributed by atoms with E-state index in [0.29, 0.717) is 0 Å². The van der Waals surface area contributed by atoms with E-state index in [1.165, 1.54) is 11.3 Å². The molecule has 0 saturated carbocycles. The highest BCUT2D eigenvalue weighted by Gasteiger charge is 2.21. The van der Waals surface area contributed by atoms with Crippen molar-refractivity contribution in [3.8, 4) is 0 Å². The molecule has 5 nitrogen and oxygen atoms in total. The summed E-state index contributed by atoms with van der Waals surface area (Å²) in [7, 11) is 2.14. The van der Waals surface area contributed by atoms with Crippen molar-refractivity contribution in [1.29, 1.82) is 0 Å². The van der Waals surface area contributed by atoms with Crippen molar-refractivity contribution in [2.45, 2.75) is 31.8 Å². The maximum Gasteiger partial charge on any atom is 0.225 e. The van der Waals surface area contributed by atoms with Crippen LogP contribution in [0.3, 0.4) is 0 Å². The van der Waals surface area contributed by atoms with Gasteiger partial charge >= 0.3 is 0 Å². The van der Waals surface area contributed by atoms with E-state index in [1.807, 2.05) is 6.20 Å². The molecular weight excluding hydrogens is 226 g/mol. The molecule has 1 aromatic rings. The van der Waals surface area contributed by atoms with E-state index in [9.17, 15) is 0 Å².